The average molecular weight is 579 g/mol. The number of hydrogen-bond donors (Lipinski definition) is 2. The lowest BCUT2D eigenvalue weighted by atomic mass is 9.99. The molecule has 1 aliphatic heterocycles. The molecule has 0 aliphatic carbocycles. The predicted molar refractivity (Wildman–Crippen MR) is 138 cm³/mol. The minimum atomic E-state index is -4.68. The lowest BCUT2D eigenvalue weighted by Crippen LogP contribution is -2.49. The molecule has 0 spiro atoms. The van der Waals surface area contributed by atoms with Crippen molar-refractivity contribution in [3.05, 3.63) is 65.6 Å². The Hall–Kier alpha value is -4.27. The third-order valence-electron chi connectivity index (χ3n) is 6.18. The summed E-state index contributed by atoms with van der Waals surface area (Å²) in [5.41, 5.74) is 2.58. The van der Waals surface area contributed by atoms with Crippen LogP contribution in [0.4, 0.5) is 19.0 Å². The minimum absolute atomic E-state index is 0.0466. The second kappa shape index (κ2) is 11.5. The number of nitrogens with one attached hydrogen (secondary N) is 1. The zero-order valence-electron chi connectivity index (χ0n) is 21.2. The molecule has 2 aromatic heterocycles. The summed E-state index contributed by atoms with van der Waals surface area (Å²) in [6, 6.07) is 9.58. The first-order valence-corrected chi connectivity index (χ1v) is 13.7. The summed E-state index contributed by atoms with van der Waals surface area (Å²) >= 11 is 0. The third-order valence-corrected chi connectivity index (χ3v) is 7.42. The van der Waals surface area contributed by atoms with Gasteiger partial charge in [0.15, 0.2) is 11.5 Å². The van der Waals surface area contributed by atoms with Gasteiger partial charge in [0.1, 0.15) is 5.75 Å². The molecule has 1 saturated heterocycles. The van der Waals surface area contributed by atoms with E-state index in [1.807, 2.05) is 17.9 Å². The van der Waals surface area contributed by atoms with E-state index < -0.39 is 34.3 Å². The van der Waals surface area contributed by atoms with Crippen LogP contribution in [0, 0.1) is 6.92 Å². The van der Waals surface area contributed by atoms with Crippen LogP contribution in [0.5, 0.6) is 5.75 Å². The molecule has 1 fully saturated rings. The fourth-order valence-electron chi connectivity index (χ4n) is 4.13. The fraction of sp³-hybridized carbons (Fsp3) is 0.320. The van der Waals surface area contributed by atoms with Crippen LogP contribution in [0.25, 0.3) is 11.1 Å². The molecule has 11 nitrogen and oxygen atoms in total. The Kier molecular flexibility index (Phi) is 8.23. The van der Waals surface area contributed by atoms with Gasteiger partial charge in [0, 0.05) is 43.5 Å². The summed E-state index contributed by atoms with van der Waals surface area (Å²) in [4.78, 5) is 32.7. The van der Waals surface area contributed by atoms with Gasteiger partial charge in [-0.1, -0.05) is 6.07 Å². The maximum Gasteiger partial charge on any atom is 0.390 e. The second-order valence-electron chi connectivity index (χ2n) is 9.13. The first-order valence-electron chi connectivity index (χ1n) is 12.1. The summed E-state index contributed by atoms with van der Waals surface area (Å²) < 4.78 is 61.9. The largest absolute Gasteiger partial charge is 0.506 e. The highest BCUT2D eigenvalue weighted by molar-refractivity contribution is 7.90. The summed E-state index contributed by atoms with van der Waals surface area (Å²) in [6.45, 7) is 3.48. The van der Waals surface area contributed by atoms with Gasteiger partial charge in [0.05, 0.1) is 18.4 Å². The molecule has 15 heteroatoms. The van der Waals surface area contributed by atoms with E-state index in [0.717, 1.165) is 16.7 Å². The average Bonchev–Trinajstić information content (AvgIpc) is 2.91. The van der Waals surface area contributed by atoms with E-state index in [9.17, 15) is 36.3 Å². The highest BCUT2D eigenvalue weighted by Crippen LogP contribution is 2.27. The lowest BCUT2D eigenvalue weighted by Gasteiger charge is -2.35. The van der Waals surface area contributed by atoms with Gasteiger partial charge in [-0.2, -0.15) is 13.2 Å². The number of aromatic nitrogens is 3. The number of nitrogens with zero attached hydrogens (tertiary/aromatic N) is 5. The molecule has 3 aromatic rings. The zero-order chi connectivity index (χ0) is 29.1. The predicted octanol–water partition coefficient (Wildman–Crippen LogP) is 2.53. The Morgan fingerprint density at radius 3 is 2.35 bits per heavy atom. The first-order chi connectivity index (χ1) is 18.8. The van der Waals surface area contributed by atoms with E-state index in [1.165, 1.54) is 18.3 Å². The van der Waals surface area contributed by atoms with Crippen LogP contribution in [-0.4, -0.2) is 83.5 Å². The molecule has 0 radical (unpaired) electrons. The van der Waals surface area contributed by atoms with Crippen LogP contribution < -0.4 is 9.62 Å². The van der Waals surface area contributed by atoms with Crippen molar-refractivity contribution in [3.63, 3.8) is 0 Å². The quantitative estimate of drug-likeness (QED) is 0.432. The number of anilines is 1. The SMILES string of the molecule is Cc1cc(C(=O)N2CCN(c3ccc(C(=O)NS(=O)(=O)CCC(F)(F)F)nn3)CC2)ccc1-c1cncc(O)c1. The molecule has 3 heterocycles. The highest BCUT2D eigenvalue weighted by atomic mass is 32.2. The number of benzene rings is 1. The maximum atomic E-state index is 13.1. The van der Waals surface area contributed by atoms with Crippen LogP contribution in [-0.2, 0) is 10.0 Å². The van der Waals surface area contributed by atoms with Gasteiger partial charge >= 0.3 is 6.18 Å². The number of carbonyl (C=O) groups is 2. The smallest absolute Gasteiger partial charge is 0.390 e. The number of alkyl halides is 3. The lowest BCUT2D eigenvalue weighted by molar-refractivity contribution is -0.130. The second-order valence-corrected chi connectivity index (χ2v) is 11.0. The zero-order valence-corrected chi connectivity index (χ0v) is 22.0. The van der Waals surface area contributed by atoms with Crippen molar-refractivity contribution in [1.29, 1.82) is 0 Å². The molecular weight excluding hydrogens is 553 g/mol. The van der Waals surface area contributed by atoms with Gasteiger partial charge in [-0.15, -0.1) is 10.2 Å². The van der Waals surface area contributed by atoms with Crippen LogP contribution in [0.3, 0.4) is 0 Å². The van der Waals surface area contributed by atoms with Crippen molar-refractivity contribution in [2.45, 2.75) is 19.5 Å². The Bertz CT molecular complexity index is 1510. The molecule has 0 saturated carbocycles. The molecule has 2 N–H and O–H groups in total. The molecule has 1 aliphatic rings. The van der Waals surface area contributed by atoms with Crippen molar-refractivity contribution in [1.82, 2.24) is 24.8 Å². The number of piperazine rings is 1. The molecular formula is C25H25F3N6O5S. The Labute approximate surface area is 227 Å². The van der Waals surface area contributed by atoms with E-state index in [2.05, 4.69) is 15.2 Å². The Morgan fingerprint density at radius 2 is 1.75 bits per heavy atom. The van der Waals surface area contributed by atoms with Crippen LogP contribution in [0.15, 0.2) is 48.8 Å². The number of aromatic hydroxyl groups is 1. The number of rotatable bonds is 7. The summed E-state index contributed by atoms with van der Waals surface area (Å²) in [7, 11) is -4.50. The normalized spacial score (nSPS) is 14.2. The number of carbonyl (C=O) groups excluding carboxylic acids is 2. The summed E-state index contributed by atoms with van der Waals surface area (Å²) in [5.74, 6) is -2.17. The molecule has 0 atom stereocenters. The molecule has 4 rings (SSSR count). The fourth-order valence-corrected chi connectivity index (χ4v) is 5.12. The maximum absolute atomic E-state index is 13.1. The molecule has 0 bridgehead atoms. The van der Waals surface area contributed by atoms with Crippen molar-refractivity contribution >= 4 is 27.7 Å². The van der Waals surface area contributed by atoms with Crippen LogP contribution >= 0.6 is 0 Å². The summed E-state index contributed by atoms with van der Waals surface area (Å²) in [5, 5.41) is 17.3. The standard InChI is InChI=1S/C25H25F3N6O5S/c1-16-12-17(2-3-20(16)18-13-19(35)15-29-14-18)24(37)34-9-7-33(8-10-34)22-5-4-21(30-31-22)23(36)32-40(38,39)11-6-25(26,27)28/h2-5,12-15,35H,6-11H2,1H3,(H,32,36). The van der Waals surface area contributed by atoms with Gasteiger partial charge in [0.25, 0.3) is 11.8 Å². The van der Waals surface area contributed by atoms with Crippen LogP contribution in [0.2, 0.25) is 0 Å². The van der Waals surface area contributed by atoms with E-state index >= 15 is 0 Å². The number of pyridine rings is 1. The number of halogens is 3. The Balaban J connectivity index is 1.33. The van der Waals surface area contributed by atoms with Crippen molar-refractivity contribution in [2.75, 3.05) is 36.8 Å². The number of aryl methyl sites for hydroxylation is 1. The topological polar surface area (TPSA) is 146 Å². The first kappa shape index (κ1) is 28.7. The van der Waals surface area contributed by atoms with Crippen molar-refractivity contribution in [3.8, 4) is 16.9 Å². The number of hydrogen-bond acceptors (Lipinski definition) is 9. The highest BCUT2D eigenvalue weighted by Gasteiger charge is 2.31. The van der Waals surface area contributed by atoms with E-state index in [4.69, 9.17) is 0 Å². The van der Waals surface area contributed by atoms with Gasteiger partial charge in [0.2, 0.25) is 10.0 Å². The molecule has 212 valence electrons. The summed E-state index contributed by atoms with van der Waals surface area (Å²) in [6.07, 6.45) is -3.29. The molecule has 40 heavy (non-hydrogen) atoms. The van der Waals surface area contributed by atoms with E-state index in [1.54, 1.807) is 34.0 Å². The molecule has 0 unspecified atom stereocenters. The van der Waals surface area contributed by atoms with Gasteiger partial charge < -0.3 is 14.9 Å². The van der Waals surface area contributed by atoms with Crippen LogP contribution in [0.1, 0.15) is 32.8 Å². The molecule has 1 aromatic carbocycles. The monoisotopic (exact) mass is 578 g/mol. The van der Waals surface area contributed by atoms with E-state index in [-0.39, 0.29) is 17.4 Å². The Morgan fingerprint density at radius 1 is 1.02 bits per heavy atom. The number of amides is 2. The van der Waals surface area contributed by atoms with Crippen molar-refractivity contribution < 1.29 is 36.3 Å². The van der Waals surface area contributed by atoms with E-state index in [0.29, 0.717) is 37.6 Å². The van der Waals surface area contributed by atoms with Gasteiger partial charge in [-0.05, 0) is 48.4 Å². The molecule has 2 amide bonds. The van der Waals surface area contributed by atoms with Crippen molar-refractivity contribution in [2.24, 2.45) is 0 Å². The van der Waals surface area contributed by atoms with Gasteiger partial charge in [-0.3, -0.25) is 14.6 Å². The third kappa shape index (κ3) is 7.22. The number of sulfonamides is 1. The minimum Gasteiger partial charge on any atom is -0.506 e. The van der Waals surface area contributed by atoms with Gasteiger partial charge in [-0.25, -0.2) is 13.1 Å².